The van der Waals surface area contributed by atoms with Gasteiger partial charge in [0.2, 0.25) is 0 Å². The molecule has 2 rings (SSSR count). The van der Waals surface area contributed by atoms with Gasteiger partial charge in [-0.05, 0) is 43.6 Å². The highest BCUT2D eigenvalue weighted by atomic mass is 32.2. The van der Waals surface area contributed by atoms with Crippen LogP contribution in [0.2, 0.25) is 0 Å². The van der Waals surface area contributed by atoms with Crippen LogP contribution in [0, 0.1) is 0 Å². The molecule has 3 nitrogen and oxygen atoms in total. The van der Waals surface area contributed by atoms with E-state index >= 15 is 0 Å². The lowest BCUT2D eigenvalue weighted by Crippen LogP contribution is -2.24. The maximum Gasteiger partial charge on any atom is 0.261 e. The zero-order valence-electron chi connectivity index (χ0n) is 10.6. The molecule has 1 atom stereocenters. The predicted octanol–water partition coefficient (Wildman–Crippen LogP) is 2.43. The minimum Gasteiger partial charge on any atom is -0.393 e. The van der Waals surface area contributed by atoms with Gasteiger partial charge in [-0.15, -0.1) is 11.3 Å². The van der Waals surface area contributed by atoms with Crippen LogP contribution in [-0.2, 0) is 12.2 Å². The van der Waals surface area contributed by atoms with E-state index in [9.17, 15) is 4.79 Å². The van der Waals surface area contributed by atoms with Crippen molar-refractivity contribution in [1.29, 1.82) is 0 Å². The summed E-state index contributed by atoms with van der Waals surface area (Å²) in [6, 6.07) is 2.04. The molecule has 0 radical (unpaired) electrons. The van der Waals surface area contributed by atoms with Crippen molar-refractivity contribution in [1.82, 2.24) is 5.32 Å². The van der Waals surface area contributed by atoms with Crippen molar-refractivity contribution in [2.24, 2.45) is 0 Å². The molecule has 1 unspecified atom stereocenters. The number of hydrogen-bond acceptors (Lipinski definition) is 4. The molecule has 1 aromatic heterocycles. The number of aliphatic hydroxyl groups excluding tert-OH is 1. The van der Waals surface area contributed by atoms with Crippen LogP contribution < -0.4 is 5.32 Å². The number of hydrogen-bond donors (Lipinski definition) is 2. The van der Waals surface area contributed by atoms with E-state index in [1.54, 1.807) is 18.3 Å². The molecular weight excluding hydrogens is 266 g/mol. The van der Waals surface area contributed by atoms with Crippen molar-refractivity contribution < 1.29 is 9.90 Å². The molecule has 2 heterocycles. The van der Waals surface area contributed by atoms with E-state index in [-0.39, 0.29) is 12.0 Å². The van der Waals surface area contributed by atoms with Gasteiger partial charge in [-0.1, -0.05) is 0 Å². The van der Waals surface area contributed by atoms with Gasteiger partial charge in [-0.2, -0.15) is 11.8 Å². The van der Waals surface area contributed by atoms with Crippen LogP contribution in [0.3, 0.4) is 0 Å². The second-order valence-corrected chi connectivity index (χ2v) is 6.85. The predicted molar refractivity (Wildman–Crippen MR) is 77.4 cm³/mol. The average molecular weight is 285 g/mol. The molecule has 0 fully saturated rings. The Labute approximate surface area is 116 Å². The Morgan fingerprint density at radius 2 is 2.44 bits per heavy atom. The number of aliphatic hydroxyl groups is 1. The smallest absolute Gasteiger partial charge is 0.261 e. The topological polar surface area (TPSA) is 49.3 Å². The summed E-state index contributed by atoms with van der Waals surface area (Å²) in [4.78, 5) is 14.1. The van der Waals surface area contributed by atoms with Crippen molar-refractivity contribution >= 4 is 29.0 Å². The molecule has 1 aliphatic rings. The number of nitrogens with one attached hydrogen (secondary N) is 1. The van der Waals surface area contributed by atoms with Crippen LogP contribution >= 0.6 is 23.1 Å². The summed E-state index contributed by atoms with van der Waals surface area (Å²) in [7, 11) is 0. The molecule has 1 amide bonds. The van der Waals surface area contributed by atoms with Crippen LogP contribution in [0.15, 0.2) is 6.07 Å². The van der Waals surface area contributed by atoms with Crippen LogP contribution in [0.25, 0.3) is 0 Å². The second kappa shape index (κ2) is 6.59. The fourth-order valence-electron chi connectivity index (χ4n) is 1.95. The molecule has 0 aliphatic carbocycles. The maximum atomic E-state index is 11.9. The Hall–Kier alpha value is -0.520. The average Bonchev–Trinajstić information content (AvgIpc) is 2.78. The number of thiophene rings is 1. The van der Waals surface area contributed by atoms with Crippen molar-refractivity contribution in [2.45, 2.75) is 38.0 Å². The molecule has 1 aliphatic heterocycles. The first-order valence-corrected chi connectivity index (χ1v) is 8.29. The highest BCUT2D eigenvalue weighted by Gasteiger charge is 2.17. The molecule has 0 bridgehead atoms. The van der Waals surface area contributed by atoms with Gasteiger partial charge in [0, 0.05) is 17.2 Å². The first-order valence-electron chi connectivity index (χ1n) is 6.32. The van der Waals surface area contributed by atoms with E-state index in [1.165, 1.54) is 16.2 Å². The molecule has 0 saturated heterocycles. The van der Waals surface area contributed by atoms with Gasteiger partial charge >= 0.3 is 0 Å². The fourth-order valence-corrected chi connectivity index (χ4v) is 4.23. The molecule has 100 valence electrons. The molecular formula is C13H19NO2S2. The van der Waals surface area contributed by atoms with Crippen molar-refractivity contribution in [3.63, 3.8) is 0 Å². The first-order chi connectivity index (χ1) is 8.66. The van der Waals surface area contributed by atoms with E-state index in [0.717, 1.165) is 29.9 Å². The van der Waals surface area contributed by atoms with Gasteiger partial charge in [0.1, 0.15) is 0 Å². The summed E-state index contributed by atoms with van der Waals surface area (Å²) in [5.74, 6) is 2.24. The van der Waals surface area contributed by atoms with Gasteiger partial charge in [0.25, 0.3) is 5.91 Å². The van der Waals surface area contributed by atoms with Gasteiger partial charge in [0.05, 0.1) is 11.0 Å². The van der Waals surface area contributed by atoms with Crippen LogP contribution in [0.5, 0.6) is 0 Å². The Balaban J connectivity index is 1.83. The molecule has 18 heavy (non-hydrogen) atoms. The Morgan fingerprint density at radius 1 is 1.61 bits per heavy atom. The van der Waals surface area contributed by atoms with Gasteiger partial charge in [0.15, 0.2) is 0 Å². The van der Waals surface area contributed by atoms with E-state index < -0.39 is 0 Å². The van der Waals surface area contributed by atoms with Crippen molar-refractivity contribution in [3.8, 4) is 0 Å². The Bertz CT molecular complexity index is 392. The van der Waals surface area contributed by atoms with E-state index in [1.807, 2.05) is 17.8 Å². The maximum absolute atomic E-state index is 11.9. The van der Waals surface area contributed by atoms with E-state index in [0.29, 0.717) is 6.54 Å². The summed E-state index contributed by atoms with van der Waals surface area (Å²) in [6.45, 7) is 2.41. The Morgan fingerprint density at radius 3 is 3.17 bits per heavy atom. The summed E-state index contributed by atoms with van der Waals surface area (Å²) in [5, 5.41) is 12.0. The normalized spacial score (nSPS) is 16.1. The molecule has 5 heteroatoms. The third-order valence-electron chi connectivity index (χ3n) is 2.94. The van der Waals surface area contributed by atoms with Gasteiger partial charge in [-0.25, -0.2) is 0 Å². The van der Waals surface area contributed by atoms with Crippen LogP contribution in [0.1, 0.15) is 39.9 Å². The first kappa shape index (κ1) is 13.9. The number of fused-ring (bicyclic) bond motifs is 1. The highest BCUT2D eigenvalue weighted by molar-refractivity contribution is 7.98. The zero-order chi connectivity index (χ0) is 13.0. The Kier molecular flexibility index (Phi) is 5.09. The largest absolute Gasteiger partial charge is 0.393 e. The number of aryl methyl sites for hydroxylation is 1. The quantitative estimate of drug-likeness (QED) is 0.817. The molecule has 0 saturated carbocycles. The minimum absolute atomic E-state index is 0.0324. The SMILES string of the molecule is CC(O)CCCNC(=O)c1cc2c(s1)CCSC2. The van der Waals surface area contributed by atoms with E-state index in [2.05, 4.69) is 5.32 Å². The third kappa shape index (κ3) is 3.73. The number of thioether (sulfide) groups is 1. The molecule has 0 spiro atoms. The fraction of sp³-hybridized carbons (Fsp3) is 0.615. The zero-order valence-corrected chi connectivity index (χ0v) is 12.2. The molecule has 1 aromatic rings. The van der Waals surface area contributed by atoms with Crippen LogP contribution in [-0.4, -0.2) is 29.4 Å². The third-order valence-corrected chi connectivity index (χ3v) is 5.18. The lowest BCUT2D eigenvalue weighted by atomic mass is 10.2. The minimum atomic E-state index is -0.284. The van der Waals surface area contributed by atoms with E-state index in [4.69, 9.17) is 5.11 Å². The molecule has 0 aromatic carbocycles. The number of rotatable bonds is 5. The summed E-state index contributed by atoms with van der Waals surface area (Å²) in [5.41, 5.74) is 1.34. The second-order valence-electron chi connectivity index (χ2n) is 4.61. The lowest BCUT2D eigenvalue weighted by molar-refractivity contribution is 0.0953. The highest BCUT2D eigenvalue weighted by Crippen LogP contribution is 2.31. The van der Waals surface area contributed by atoms with Crippen LogP contribution in [0.4, 0.5) is 0 Å². The van der Waals surface area contributed by atoms with Gasteiger partial charge < -0.3 is 10.4 Å². The summed E-state index contributed by atoms with van der Waals surface area (Å²) in [6.07, 6.45) is 2.37. The standard InChI is InChI=1S/C13H19NO2S2/c1-9(15)3-2-5-14-13(16)12-7-10-8-17-6-4-11(10)18-12/h7,9,15H,2-6,8H2,1H3,(H,14,16). The monoisotopic (exact) mass is 285 g/mol. The number of carbonyl (C=O) groups is 1. The molecule has 2 N–H and O–H groups in total. The van der Waals surface area contributed by atoms with Crippen molar-refractivity contribution in [3.05, 3.63) is 21.4 Å². The summed E-state index contributed by atoms with van der Waals surface area (Å²) < 4.78 is 0. The summed E-state index contributed by atoms with van der Waals surface area (Å²) >= 11 is 3.57. The number of amides is 1. The van der Waals surface area contributed by atoms with Gasteiger partial charge in [-0.3, -0.25) is 4.79 Å². The van der Waals surface area contributed by atoms with Crippen molar-refractivity contribution in [2.75, 3.05) is 12.3 Å². The number of carbonyl (C=O) groups excluding carboxylic acids is 1. The lowest BCUT2D eigenvalue weighted by Gasteiger charge is -2.08.